The van der Waals surface area contributed by atoms with E-state index in [0.29, 0.717) is 11.4 Å². The van der Waals surface area contributed by atoms with Crippen LogP contribution in [-0.2, 0) is 6.42 Å². The standard InChI is InChI=1S/C18H13ClO/c19-17-6-2-1-4-14(17)10-8-13-9-11-16-15(12-13)5-3-7-18(16)20/h1-2,4,6,9,11-12H,3,5,7H2. The molecule has 0 amide bonds. The number of rotatable bonds is 0. The molecule has 1 aliphatic carbocycles. The Labute approximate surface area is 123 Å². The van der Waals surface area contributed by atoms with Crippen molar-refractivity contribution in [2.45, 2.75) is 19.3 Å². The number of aryl methyl sites for hydroxylation is 1. The molecule has 0 spiro atoms. The van der Waals surface area contributed by atoms with Crippen molar-refractivity contribution in [3.05, 3.63) is 69.7 Å². The van der Waals surface area contributed by atoms with Crippen LogP contribution in [0.5, 0.6) is 0 Å². The number of hydrogen-bond donors (Lipinski definition) is 0. The first kappa shape index (κ1) is 13.0. The van der Waals surface area contributed by atoms with Gasteiger partial charge in [0.15, 0.2) is 5.78 Å². The first-order valence-electron chi connectivity index (χ1n) is 6.67. The van der Waals surface area contributed by atoms with Crippen molar-refractivity contribution in [2.24, 2.45) is 0 Å². The first-order valence-corrected chi connectivity index (χ1v) is 7.04. The average molecular weight is 281 g/mol. The van der Waals surface area contributed by atoms with Gasteiger partial charge in [0.1, 0.15) is 0 Å². The van der Waals surface area contributed by atoms with Crippen LogP contribution in [0, 0.1) is 11.8 Å². The van der Waals surface area contributed by atoms with Crippen LogP contribution in [0.1, 0.15) is 39.9 Å². The van der Waals surface area contributed by atoms with Crippen LogP contribution >= 0.6 is 11.6 Å². The molecular formula is C18H13ClO. The van der Waals surface area contributed by atoms with Gasteiger partial charge in [-0.3, -0.25) is 4.79 Å². The number of benzene rings is 2. The second-order valence-corrected chi connectivity index (χ2v) is 5.29. The van der Waals surface area contributed by atoms with Gasteiger partial charge in [0, 0.05) is 23.1 Å². The van der Waals surface area contributed by atoms with Gasteiger partial charge in [0.25, 0.3) is 0 Å². The third-order valence-corrected chi connectivity index (χ3v) is 3.80. The molecule has 2 aromatic carbocycles. The number of halogens is 1. The predicted molar refractivity (Wildman–Crippen MR) is 81.1 cm³/mol. The summed E-state index contributed by atoms with van der Waals surface area (Å²) in [4.78, 5) is 11.8. The Morgan fingerprint density at radius 1 is 1.00 bits per heavy atom. The van der Waals surface area contributed by atoms with Crippen LogP contribution in [0.2, 0.25) is 5.02 Å². The van der Waals surface area contributed by atoms with E-state index in [1.165, 1.54) is 0 Å². The summed E-state index contributed by atoms with van der Waals surface area (Å²) in [7, 11) is 0. The molecule has 98 valence electrons. The fraction of sp³-hybridized carbons (Fsp3) is 0.167. The van der Waals surface area contributed by atoms with E-state index in [0.717, 1.165) is 35.1 Å². The average Bonchev–Trinajstić information content (AvgIpc) is 2.46. The Morgan fingerprint density at radius 3 is 2.70 bits per heavy atom. The second-order valence-electron chi connectivity index (χ2n) is 4.88. The third-order valence-electron chi connectivity index (χ3n) is 3.47. The fourth-order valence-electron chi connectivity index (χ4n) is 2.43. The number of carbonyl (C=O) groups is 1. The summed E-state index contributed by atoms with van der Waals surface area (Å²) in [5, 5.41) is 0.660. The maximum absolute atomic E-state index is 11.8. The highest BCUT2D eigenvalue weighted by Gasteiger charge is 2.16. The molecule has 0 heterocycles. The molecule has 0 saturated heterocycles. The van der Waals surface area contributed by atoms with Crippen LogP contribution in [-0.4, -0.2) is 5.78 Å². The van der Waals surface area contributed by atoms with Crippen LogP contribution in [0.4, 0.5) is 0 Å². The van der Waals surface area contributed by atoms with E-state index >= 15 is 0 Å². The summed E-state index contributed by atoms with van der Waals surface area (Å²) in [6.07, 6.45) is 2.56. The molecule has 1 nitrogen and oxygen atoms in total. The lowest BCUT2D eigenvalue weighted by Gasteiger charge is -2.14. The smallest absolute Gasteiger partial charge is 0.163 e. The molecule has 2 heteroatoms. The molecule has 20 heavy (non-hydrogen) atoms. The fourth-order valence-corrected chi connectivity index (χ4v) is 2.61. The van der Waals surface area contributed by atoms with Gasteiger partial charge in [0.05, 0.1) is 5.02 Å². The lowest BCUT2D eigenvalue weighted by Crippen LogP contribution is -2.10. The van der Waals surface area contributed by atoms with Gasteiger partial charge in [0.2, 0.25) is 0 Å². The molecule has 0 aliphatic heterocycles. The SMILES string of the molecule is O=C1CCCc2cc(C#Cc3ccccc3Cl)ccc21. The predicted octanol–water partition coefficient (Wildman–Crippen LogP) is 4.26. The lowest BCUT2D eigenvalue weighted by molar-refractivity contribution is 0.0972. The van der Waals surface area contributed by atoms with E-state index in [1.807, 2.05) is 42.5 Å². The molecule has 0 N–H and O–H groups in total. The van der Waals surface area contributed by atoms with E-state index in [9.17, 15) is 4.79 Å². The Kier molecular flexibility index (Phi) is 3.58. The topological polar surface area (TPSA) is 17.1 Å². The largest absolute Gasteiger partial charge is 0.294 e. The molecule has 2 aromatic rings. The third kappa shape index (κ3) is 2.61. The molecule has 1 aliphatic rings. The molecule has 0 fully saturated rings. The Morgan fingerprint density at radius 2 is 1.85 bits per heavy atom. The number of carbonyl (C=O) groups excluding carboxylic acids is 1. The zero-order valence-electron chi connectivity index (χ0n) is 10.9. The highest BCUT2D eigenvalue weighted by atomic mass is 35.5. The minimum atomic E-state index is 0.247. The van der Waals surface area contributed by atoms with Crippen LogP contribution in [0.25, 0.3) is 0 Å². The van der Waals surface area contributed by atoms with Gasteiger partial charge in [-0.25, -0.2) is 0 Å². The van der Waals surface area contributed by atoms with Gasteiger partial charge in [-0.2, -0.15) is 0 Å². The van der Waals surface area contributed by atoms with Gasteiger partial charge in [-0.1, -0.05) is 35.6 Å². The van der Waals surface area contributed by atoms with Gasteiger partial charge < -0.3 is 0 Å². The van der Waals surface area contributed by atoms with Crippen molar-refractivity contribution in [3.63, 3.8) is 0 Å². The van der Waals surface area contributed by atoms with Crippen molar-refractivity contribution in [2.75, 3.05) is 0 Å². The Hall–Kier alpha value is -2.04. The monoisotopic (exact) mass is 280 g/mol. The van der Waals surface area contributed by atoms with Crippen molar-refractivity contribution in [1.29, 1.82) is 0 Å². The Balaban J connectivity index is 1.94. The van der Waals surface area contributed by atoms with Crippen LogP contribution in [0.3, 0.4) is 0 Å². The zero-order valence-corrected chi connectivity index (χ0v) is 11.7. The van der Waals surface area contributed by atoms with E-state index < -0.39 is 0 Å². The minimum Gasteiger partial charge on any atom is -0.294 e. The molecule has 0 atom stereocenters. The van der Waals surface area contributed by atoms with Crippen LogP contribution < -0.4 is 0 Å². The zero-order chi connectivity index (χ0) is 13.9. The highest BCUT2D eigenvalue weighted by Crippen LogP contribution is 2.22. The van der Waals surface area contributed by atoms with E-state index in [2.05, 4.69) is 11.8 Å². The first-order chi connectivity index (χ1) is 9.74. The van der Waals surface area contributed by atoms with Crippen molar-refractivity contribution in [1.82, 2.24) is 0 Å². The number of Topliss-reactive ketones (excluding diaryl/α,β-unsaturated/α-hetero) is 1. The molecule has 0 bridgehead atoms. The number of fused-ring (bicyclic) bond motifs is 1. The van der Waals surface area contributed by atoms with Gasteiger partial charge in [-0.05, 0) is 48.7 Å². The number of ketones is 1. The second kappa shape index (κ2) is 5.53. The van der Waals surface area contributed by atoms with E-state index in [-0.39, 0.29) is 5.78 Å². The molecular weight excluding hydrogens is 268 g/mol. The Bertz CT molecular complexity index is 735. The summed E-state index contributed by atoms with van der Waals surface area (Å²) in [6.45, 7) is 0. The maximum atomic E-state index is 11.8. The van der Waals surface area contributed by atoms with Gasteiger partial charge in [-0.15, -0.1) is 0 Å². The highest BCUT2D eigenvalue weighted by molar-refractivity contribution is 6.31. The molecule has 0 saturated carbocycles. The van der Waals surface area contributed by atoms with Crippen molar-refractivity contribution >= 4 is 17.4 Å². The summed E-state index contributed by atoms with van der Waals surface area (Å²) in [5.74, 6) is 6.45. The molecule has 0 unspecified atom stereocenters. The lowest BCUT2D eigenvalue weighted by atomic mass is 9.89. The molecule has 3 rings (SSSR count). The summed E-state index contributed by atoms with van der Waals surface area (Å²) in [6, 6.07) is 13.4. The minimum absolute atomic E-state index is 0.247. The molecule has 0 radical (unpaired) electrons. The van der Waals surface area contributed by atoms with Crippen molar-refractivity contribution in [3.8, 4) is 11.8 Å². The maximum Gasteiger partial charge on any atom is 0.163 e. The van der Waals surface area contributed by atoms with Crippen molar-refractivity contribution < 1.29 is 4.79 Å². The normalized spacial score (nSPS) is 13.3. The summed E-state index contributed by atoms with van der Waals surface area (Å²) >= 11 is 6.08. The quantitative estimate of drug-likeness (QED) is 0.659. The summed E-state index contributed by atoms with van der Waals surface area (Å²) in [5.41, 5.74) is 3.73. The summed E-state index contributed by atoms with van der Waals surface area (Å²) < 4.78 is 0. The van der Waals surface area contributed by atoms with E-state index in [4.69, 9.17) is 11.6 Å². The number of hydrogen-bond acceptors (Lipinski definition) is 1. The van der Waals surface area contributed by atoms with Gasteiger partial charge >= 0.3 is 0 Å². The van der Waals surface area contributed by atoms with Crippen LogP contribution in [0.15, 0.2) is 42.5 Å². The molecule has 0 aromatic heterocycles. The van der Waals surface area contributed by atoms with E-state index in [1.54, 1.807) is 0 Å².